The summed E-state index contributed by atoms with van der Waals surface area (Å²) in [6.07, 6.45) is 7.19. The lowest BCUT2D eigenvalue weighted by atomic mass is 9.30. The Kier molecular flexibility index (Phi) is 4.38. The Morgan fingerprint density at radius 1 is 0.634 bits per heavy atom. The molecule has 0 saturated heterocycles. The van der Waals surface area contributed by atoms with E-state index in [1.54, 1.807) is 0 Å². The summed E-state index contributed by atoms with van der Waals surface area (Å²) in [4.78, 5) is 0. The summed E-state index contributed by atoms with van der Waals surface area (Å²) in [5.41, 5.74) is 9.52. The van der Waals surface area contributed by atoms with Crippen LogP contribution < -0.4 is 9.47 Å². The monoisotopic (exact) mass is 552 g/mol. The molecule has 41 heavy (non-hydrogen) atoms. The second-order valence-electron chi connectivity index (χ2n) is 15.6. The predicted molar refractivity (Wildman–Crippen MR) is 156 cm³/mol. The van der Waals surface area contributed by atoms with Gasteiger partial charge in [0.05, 0.1) is 14.2 Å². The van der Waals surface area contributed by atoms with Crippen molar-refractivity contribution in [2.75, 3.05) is 28.4 Å². The summed E-state index contributed by atoms with van der Waals surface area (Å²) in [5.74, 6) is 9.02. The van der Waals surface area contributed by atoms with Gasteiger partial charge < -0.3 is 18.9 Å². The summed E-state index contributed by atoms with van der Waals surface area (Å²) >= 11 is 0. The minimum atomic E-state index is -0.347. The highest BCUT2D eigenvalue weighted by Gasteiger charge is 2.88. The van der Waals surface area contributed by atoms with E-state index in [9.17, 15) is 0 Å². The van der Waals surface area contributed by atoms with Crippen molar-refractivity contribution < 1.29 is 18.9 Å². The van der Waals surface area contributed by atoms with Gasteiger partial charge in [-0.25, -0.2) is 0 Å². The van der Waals surface area contributed by atoms with Crippen molar-refractivity contribution in [1.82, 2.24) is 0 Å². The number of fused-ring (bicyclic) bond motifs is 24. The van der Waals surface area contributed by atoms with E-state index in [1.807, 2.05) is 28.4 Å². The largest absolute Gasteiger partial charge is 0.496 e. The van der Waals surface area contributed by atoms with E-state index in [0.29, 0.717) is 34.5 Å². The van der Waals surface area contributed by atoms with Crippen molar-refractivity contribution in [3.05, 3.63) is 57.6 Å². The Labute approximate surface area is 244 Å². The molecular formula is C37H44O4. The molecule has 4 heteroatoms. The standard InChI is InChI=1S/C37H44O4/c1-35-25-16-26(30-24-12-11-23(29(25)30)37(24,40-5)41-6)36(35,2)32-22-15-21(31(32)35)27-28(22)34(39-4)20-14-18-10-8-7-9-17(18)13-19(20)33(27)38-3/h7-10,21-26,29-32H,11-16H2,1-6H3/t21-,22+,23-,24+,25+,26-,29-,30+,31-,32+,35+,36-. The molecule has 0 heterocycles. The van der Waals surface area contributed by atoms with Crippen LogP contribution >= 0.6 is 0 Å². The molecular weight excluding hydrogens is 508 g/mol. The third-order valence-electron chi connectivity index (χ3n) is 15.8. The molecule has 2 aromatic carbocycles. The summed E-state index contributed by atoms with van der Waals surface area (Å²) < 4.78 is 25.6. The van der Waals surface area contributed by atoms with Crippen LogP contribution in [-0.4, -0.2) is 34.2 Å². The average molecular weight is 553 g/mol. The molecule has 216 valence electrons. The highest BCUT2D eigenvalue weighted by Crippen LogP contribution is 2.93. The molecule has 0 aliphatic heterocycles. The number of rotatable bonds is 4. The van der Waals surface area contributed by atoms with Crippen LogP contribution in [0, 0.1) is 58.2 Å². The smallest absolute Gasteiger partial charge is 0.173 e. The normalized spacial score (nSPS) is 47.3. The molecule has 12 atom stereocenters. The molecule has 10 rings (SSSR count). The van der Waals surface area contributed by atoms with Crippen LogP contribution in [0.1, 0.15) is 84.7 Å². The highest BCUT2D eigenvalue weighted by atomic mass is 16.7. The van der Waals surface area contributed by atoms with Gasteiger partial charge in [-0.1, -0.05) is 38.1 Å². The van der Waals surface area contributed by atoms with E-state index in [-0.39, 0.29) is 5.79 Å². The molecule has 0 unspecified atom stereocenters. The van der Waals surface area contributed by atoms with Crippen LogP contribution in [0.4, 0.5) is 0 Å². The molecule has 0 aromatic heterocycles. The molecule has 6 bridgehead atoms. The summed E-state index contributed by atoms with van der Waals surface area (Å²) in [5, 5.41) is 0. The molecule has 0 radical (unpaired) electrons. The summed E-state index contributed by atoms with van der Waals surface area (Å²) in [6.45, 7) is 5.47. The summed E-state index contributed by atoms with van der Waals surface area (Å²) in [7, 11) is 7.68. The second kappa shape index (κ2) is 7.36. The summed E-state index contributed by atoms with van der Waals surface area (Å²) in [6, 6.07) is 8.98. The zero-order chi connectivity index (χ0) is 27.8. The first-order valence-electron chi connectivity index (χ1n) is 16.4. The van der Waals surface area contributed by atoms with Crippen LogP contribution in [-0.2, 0) is 22.3 Å². The fraction of sp³-hybridized carbons (Fsp3) is 0.676. The minimum Gasteiger partial charge on any atom is -0.496 e. The first kappa shape index (κ1) is 24.4. The van der Waals surface area contributed by atoms with Gasteiger partial charge in [0, 0.05) is 61.2 Å². The Hall–Kier alpha value is -2.04. The third kappa shape index (κ3) is 2.21. The third-order valence-corrected chi connectivity index (χ3v) is 15.8. The van der Waals surface area contributed by atoms with Crippen molar-refractivity contribution in [2.45, 2.75) is 70.0 Å². The second-order valence-corrected chi connectivity index (χ2v) is 15.6. The van der Waals surface area contributed by atoms with Crippen LogP contribution in [0.25, 0.3) is 0 Å². The Balaban J connectivity index is 1.13. The van der Waals surface area contributed by atoms with E-state index in [1.165, 1.54) is 70.6 Å². The first-order valence-corrected chi connectivity index (χ1v) is 16.4. The van der Waals surface area contributed by atoms with E-state index >= 15 is 0 Å². The lowest BCUT2D eigenvalue weighted by Gasteiger charge is -2.73. The van der Waals surface area contributed by atoms with E-state index in [0.717, 1.165) is 48.3 Å². The molecule has 0 amide bonds. The Morgan fingerprint density at radius 2 is 1.10 bits per heavy atom. The van der Waals surface area contributed by atoms with Crippen molar-refractivity contribution in [1.29, 1.82) is 0 Å². The first-order chi connectivity index (χ1) is 19.9. The number of hydrogen-bond donors (Lipinski definition) is 0. The molecule has 0 spiro atoms. The van der Waals surface area contributed by atoms with Gasteiger partial charge in [0.2, 0.25) is 0 Å². The number of hydrogen-bond acceptors (Lipinski definition) is 4. The zero-order valence-electron chi connectivity index (χ0n) is 25.5. The van der Waals surface area contributed by atoms with Crippen LogP contribution in [0.15, 0.2) is 24.3 Å². The maximum absolute atomic E-state index is 6.44. The van der Waals surface area contributed by atoms with Gasteiger partial charge in [-0.15, -0.1) is 0 Å². The van der Waals surface area contributed by atoms with E-state index < -0.39 is 0 Å². The van der Waals surface area contributed by atoms with Gasteiger partial charge in [-0.3, -0.25) is 0 Å². The van der Waals surface area contributed by atoms with Crippen molar-refractivity contribution in [3.8, 4) is 11.5 Å². The molecule has 6 saturated carbocycles. The highest BCUT2D eigenvalue weighted by molar-refractivity contribution is 5.69. The van der Waals surface area contributed by atoms with Crippen LogP contribution in [0.2, 0.25) is 0 Å². The number of methoxy groups -OCH3 is 4. The quantitative estimate of drug-likeness (QED) is 0.199. The van der Waals surface area contributed by atoms with E-state index in [4.69, 9.17) is 18.9 Å². The Bertz CT molecular complexity index is 1420. The maximum Gasteiger partial charge on any atom is 0.173 e. The lowest BCUT2D eigenvalue weighted by molar-refractivity contribution is -0.249. The molecule has 2 aromatic rings. The van der Waals surface area contributed by atoms with Crippen molar-refractivity contribution in [3.63, 3.8) is 0 Å². The Morgan fingerprint density at radius 3 is 1.51 bits per heavy atom. The topological polar surface area (TPSA) is 36.9 Å². The molecule has 8 aliphatic carbocycles. The van der Waals surface area contributed by atoms with Crippen LogP contribution in [0.3, 0.4) is 0 Å². The number of benzene rings is 2. The SMILES string of the molecule is COc1c2c(c(OC)c3c1[C@H]1C[C@@H]3[C@H]3[C@@H]1[C@]1(C)[C@H]4C[C@H]([C@H]5[C@@H]4[C@H]4CC[C@@H]5C4(OC)OC)[C@]31C)Cc1ccccc1C2. The fourth-order valence-corrected chi connectivity index (χ4v) is 15.0. The van der Waals surface area contributed by atoms with Gasteiger partial charge in [0.25, 0.3) is 0 Å². The van der Waals surface area contributed by atoms with Gasteiger partial charge in [0.1, 0.15) is 11.5 Å². The molecule has 8 aliphatic rings. The van der Waals surface area contributed by atoms with Gasteiger partial charge in [0.15, 0.2) is 5.79 Å². The minimum absolute atomic E-state index is 0.347. The molecule has 6 fully saturated rings. The lowest BCUT2D eigenvalue weighted by Crippen LogP contribution is -2.69. The molecule has 0 N–H and O–H groups in total. The van der Waals surface area contributed by atoms with Crippen LogP contribution in [0.5, 0.6) is 11.5 Å². The maximum atomic E-state index is 6.44. The molecule has 4 nitrogen and oxygen atoms in total. The fourth-order valence-electron chi connectivity index (χ4n) is 15.0. The zero-order valence-corrected chi connectivity index (χ0v) is 25.5. The van der Waals surface area contributed by atoms with Crippen molar-refractivity contribution in [2.24, 2.45) is 58.2 Å². The van der Waals surface area contributed by atoms with Crippen molar-refractivity contribution >= 4 is 0 Å². The van der Waals surface area contributed by atoms with Gasteiger partial charge in [-0.2, -0.15) is 0 Å². The van der Waals surface area contributed by atoms with Gasteiger partial charge >= 0.3 is 0 Å². The number of ether oxygens (including phenoxy) is 4. The predicted octanol–water partition coefficient (Wildman–Crippen LogP) is 6.95. The average Bonchev–Trinajstić information content (AvgIpc) is 3.81. The van der Waals surface area contributed by atoms with Gasteiger partial charge in [-0.05, 0) is 95.0 Å². The van der Waals surface area contributed by atoms with E-state index in [2.05, 4.69) is 38.1 Å².